The van der Waals surface area contributed by atoms with Crippen LogP contribution in [0.25, 0.3) is 0 Å². The Morgan fingerprint density at radius 3 is 2.28 bits per heavy atom. The van der Waals surface area contributed by atoms with Gasteiger partial charge in [0.05, 0.1) is 0 Å². The van der Waals surface area contributed by atoms with Crippen molar-refractivity contribution in [2.45, 2.75) is 13.8 Å². The quantitative estimate of drug-likeness (QED) is 0.612. The first kappa shape index (κ1) is 17.9. The van der Waals surface area contributed by atoms with Gasteiger partial charge in [-0.25, -0.2) is 0 Å². The van der Waals surface area contributed by atoms with E-state index in [2.05, 4.69) is 15.6 Å². The van der Waals surface area contributed by atoms with Crippen LogP contribution in [0, 0.1) is 17.0 Å². The van der Waals surface area contributed by atoms with Crippen LogP contribution in [0.3, 0.4) is 0 Å². The Labute approximate surface area is 143 Å². The molecule has 0 unspecified atom stereocenters. The highest BCUT2D eigenvalue weighted by atomic mass is 16.6. The van der Waals surface area contributed by atoms with Gasteiger partial charge in [-0.3, -0.25) is 9.59 Å². The molecule has 0 saturated heterocycles. The molecule has 9 heteroatoms. The van der Waals surface area contributed by atoms with Crippen LogP contribution in [-0.2, 0) is 9.59 Å². The predicted octanol–water partition coefficient (Wildman–Crippen LogP) is 2.27. The maximum absolute atomic E-state index is 11.9. The Balaban J connectivity index is 1.95. The number of carbonyl (C=O) groups is 2. The van der Waals surface area contributed by atoms with Crippen molar-refractivity contribution in [1.29, 1.82) is 0 Å². The molecule has 25 heavy (non-hydrogen) atoms. The maximum atomic E-state index is 11.9. The molecule has 0 radical (unpaired) electrons. The van der Waals surface area contributed by atoms with Crippen molar-refractivity contribution < 1.29 is 19.2 Å². The van der Waals surface area contributed by atoms with Gasteiger partial charge >= 0.3 is 5.82 Å². The summed E-state index contributed by atoms with van der Waals surface area (Å²) in [5, 5.41) is 16.1. The third-order valence-corrected chi connectivity index (χ3v) is 3.00. The number of amides is 2. The van der Waals surface area contributed by atoms with E-state index < -0.39 is 23.3 Å². The number of hydrogen-bond acceptors (Lipinski definition) is 6. The normalized spacial score (nSPS) is 10.0. The number of ether oxygens (including phenoxy) is 1. The highest BCUT2D eigenvalue weighted by molar-refractivity contribution is 5.93. The lowest BCUT2D eigenvalue weighted by Gasteiger charge is -2.08. The van der Waals surface area contributed by atoms with Crippen molar-refractivity contribution in [3.63, 3.8) is 0 Å². The third kappa shape index (κ3) is 5.27. The van der Waals surface area contributed by atoms with Gasteiger partial charge in [0, 0.05) is 25.2 Å². The molecule has 0 spiro atoms. The van der Waals surface area contributed by atoms with E-state index >= 15 is 0 Å². The summed E-state index contributed by atoms with van der Waals surface area (Å²) in [5.41, 5.74) is 1.57. The Kier molecular flexibility index (Phi) is 5.62. The number of rotatable bonds is 6. The summed E-state index contributed by atoms with van der Waals surface area (Å²) in [7, 11) is 0. The molecule has 9 nitrogen and oxygen atoms in total. The van der Waals surface area contributed by atoms with Crippen molar-refractivity contribution in [2.75, 3.05) is 17.2 Å². The second-order valence-electron chi connectivity index (χ2n) is 5.13. The highest BCUT2D eigenvalue weighted by Gasteiger charge is 2.18. The molecular weight excluding hydrogens is 328 g/mol. The molecule has 0 bridgehead atoms. The van der Waals surface area contributed by atoms with Crippen molar-refractivity contribution in [2.24, 2.45) is 0 Å². The lowest BCUT2D eigenvalue weighted by atomic mass is 10.2. The summed E-state index contributed by atoms with van der Waals surface area (Å²) in [6.45, 7) is 2.61. The van der Waals surface area contributed by atoms with E-state index in [-0.39, 0.29) is 11.7 Å². The molecule has 0 aliphatic rings. The lowest BCUT2D eigenvalue weighted by Crippen LogP contribution is -2.20. The monoisotopic (exact) mass is 344 g/mol. The third-order valence-electron chi connectivity index (χ3n) is 3.00. The summed E-state index contributed by atoms with van der Waals surface area (Å²) in [5.74, 6) is -1.19. The average Bonchev–Trinajstić information content (AvgIpc) is 2.55. The molecule has 130 valence electrons. The molecule has 1 heterocycles. The predicted molar refractivity (Wildman–Crippen MR) is 90.5 cm³/mol. The maximum Gasteiger partial charge on any atom is 0.406 e. The fourth-order valence-electron chi connectivity index (χ4n) is 1.95. The fraction of sp³-hybridized carbons (Fsp3) is 0.188. The van der Waals surface area contributed by atoms with Crippen LogP contribution in [0.2, 0.25) is 0 Å². The van der Waals surface area contributed by atoms with E-state index in [9.17, 15) is 19.7 Å². The minimum Gasteiger partial charge on any atom is -0.476 e. The van der Waals surface area contributed by atoms with E-state index in [0.29, 0.717) is 17.1 Å². The van der Waals surface area contributed by atoms with E-state index in [4.69, 9.17) is 4.74 Å². The van der Waals surface area contributed by atoms with Crippen molar-refractivity contribution in [3.8, 4) is 5.75 Å². The van der Waals surface area contributed by atoms with Gasteiger partial charge in [0.15, 0.2) is 6.61 Å². The first-order valence-corrected chi connectivity index (χ1v) is 7.27. The second kappa shape index (κ2) is 7.86. The number of anilines is 2. The SMILES string of the molecule is CC(=O)Nc1ccc(NC(=O)COc2ccc(C)nc2[N+](=O)[O-])cc1. The Hall–Kier alpha value is -3.49. The number of hydrogen-bond donors (Lipinski definition) is 2. The van der Waals surface area contributed by atoms with Gasteiger partial charge in [-0.05, 0) is 46.3 Å². The van der Waals surface area contributed by atoms with Gasteiger partial charge in [-0.15, -0.1) is 0 Å². The van der Waals surface area contributed by atoms with Crippen LogP contribution in [-0.4, -0.2) is 28.3 Å². The number of nitro groups is 1. The summed E-state index contributed by atoms with van der Waals surface area (Å²) in [6, 6.07) is 9.44. The Morgan fingerprint density at radius 2 is 1.72 bits per heavy atom. The summed E-state index contributed by atoms with van der Waals surface area (Å²) in [4.78, 5) is 36.9. The van der Waals surface area contributed by atoms with E-state index in [1.54, 1.807) is 37.3 Å². The highest BCUT2D eigenvalue weighted by Crippen LogP contribution is 2.24. The summed E-state index contributed by atoms with van der Waals surface area (Å²) in [6.07, 6.45) is 0. The molecule has 1 aromatic heterocycles. The molecule has 1 aromatic carbocycles. The largest absolute Gasteiger partial charge is 0.476 e. The van der Waals surface area contributed by atoms with Crippen LogP contribution >= 0.6 is 0 Å². The molecular formula is C16H16N4O5. The van der Waals surface area contributed by atoms with Crippen molar-refractivity contribution in [3.05, 3.63) is 52.2 Å². The number of carbonyl (C=O) groups excluding carboxylic acids is 2. The molecule has 2 N–H and O–H groups in total. The smallest absolute Gasteiger partial charge is 0.406 e. The standard InChI is InChI=1S/C16H16N4O5/c1-10-3-8-14(16(17-10)20(23)24)25-9-15(22)19-13-6-4-12(5-7-13)18-11(2)21/h3-8H,9H2,1-2H3,(H,18,21)(H,19,22). The molecule has 0 aliphatic carbocycles. The Bertz CT molecular complexity index is 805. The molecule has 0 atom stereocenters. The van der Waals surface area contributed by atoms with Gasteiger partial charge in [0.2, 0.25) is 11.7 Å². The first-order valence-electron chi connectivity index (χ1n) is 7.27. The number of aryl methyl sites for hydroxylation is 1. The van der Waals surface area contributed by atoms with E-state index in [1.165, 1.54) is 13.0 Å². The first-order chi connectivity index (χ1) is 11.8. The van der Waals surface area contributed by atoms with Crippen LogP contribution in [0.4, 0.5) is 17.2 Å². The van der Waals surface area contributed by atoms with Gasteiger partial charge < -0.3 is 25.5 Å². The molecule has 0 aliphatic heterocycles. The van der Waals surface area contributed by atoms with Gasteiger partial charge in [-0.1, -0.05) is 0 Å². The topological polar surface area (TPSA) is 123 Å². The molecule has 2 rings (SSSR count). The fourth-order valence-corrected chi connectivity index (χ4v) is 1.95. The average molecular weight is 344 g/mol. The van der Waals surface area contributed by atoms with Crippen LogP contribution < -0.4 is 15.4 Å². The van der Waals surface area contributed by atoms with Gasteiger partial charge in [0.1, 0.15) is 5.69 Å². The minimum absolute atomic E-state index is 0.0771. The zero-order chi connectivity index (χ0) is 18.4. The molecule has 0 saturated carbocycles. The molecule has 2 amide bonds. The lowest BCUT2D eigenvalue weighted by molar-refractivity contribution is -0.390. The van der Waals surface area contributed by atoms with Crippen LogP contribution in [0.5, 0.6) is 5.75 Å². The number of nitrogens with zero attached hydrogens (tertiary/aromatic N) is 2. The zero-order valence-corrected chi connectivity index (χ0v) is 13.6. The zero-order valence-electron chi connectivity index (χ0n) is 13.6. The van der Waals surface area contributed by atoms with Crippen LogP contribution in [0.15, 0.2) is 36.4 Å². The van der Waals surface area contributed by atoms with Gasteiger partial charge in [-0.2, -0.15) is 0 Å². The second-order valence-corrected chi connectivity index (χ2v) is 5.13. The molecule has 2 aromatic rings. The van der Waals surface area contributed by atoms with Crippen LogP contribution in [0.1, 0.15) is 12.6 Å². The number of aromatic nitrogens is 1. The van der Waals surface area contributed by atoms with E-state index in [0.717, 1.165) is 0 Å². The van der Waals surface area contributed by atoms with Gasteiger partial charge in [0.25, 0.3) is 5.91 Å². The number of nitrogens with one attached hydrogen (secondary N) is 2. The molecule has 0 fully saturated rings. The minimum atomic E-state index is -0.666. The van der Waals surface area contributed by atoms with Crippen molar-refractivity contribution in [1.82, 2.24) is 4.98 Å². The summed E-state index contributed by atoms with van der Waals surface area (Å²) < 4.78 is 5.19. The van der Waals surface area contributed by atoms with E-state index in [1.807, 2.05) is 0 Å². The Morgan fingerprint density at radius 1 is 1.12 bits per heavy atom. The summed E-state index contributed by atoms with van der Waals surface area (Å²) >= 11 is 0. The number of benzene rings is 1. The number of pyridine rings is 1. The van der Waals surface area contributed by atoms with Crippen molar-refractivity contribution >= 4 is 29.0 Å².